The maximum Gasteiger partial charge on any atom is 0.255 e. The second kappa shape index (κ2) is 7.39. The number of aryl methyl sites for hydroxylation is 1. The van der Waals surface area contributed by atoms with Crippen LogP contribution in [0, 0.1) is 0 Å². The number of amides is 1. The van der Waals surface area contributed by atoms with Crippen LogP contribution in [-0.2, 0) is 6.42 Å². The highest BCUT2D eigenvalue weighted by molar-refractivity contribution is 6.01. The molecule has 3 aromatic rings. The molecule has 25 heavy (non-hydrogen) atoms. The van der Waals surface area contributed by atoms with E-state index in [1.807, 2.05) is 43.3 Å². The van der Waals surface area contributed by atoms with Crippen molar-refractivity contribution >= 4 is 16.7 Å². The zero-order valence-electron chi connectivity index (χ0n) is 14.9. The molecular formula is C22H23NO2. The zero-order chi connectivity index (χ0) is 17.8. The summed E-state index contributed by atoms with van der Waals surface area (Å²) in [5, 5.41) is 5.15. The summed E-state index contributed by atoms with van der Waals surface area (Å²) in [6.07, 6.45) is 1.01. The molecule has 0 aliphatic carbocycles. The molecule has 0 aromatic heterocycles. The van der Waals surface area contributed by atoms with Crippen LogP contribution in [-0.4, -0.2) is 13.0 Å². The maximum atomic E-state index is 12.8. The summed E-state index contributed by atoms with van der Waals surface area (Å²) in [4.78, 5) is 12.8. The normalized spacial score (nSPS) is 12.0. The molecule has 0 aliphatic rings. The van der Waals surface area contributed by atoms with E-state index in [1.54, 1.807) is 7.11 Å². The van der Waals surface area contributed by atoms with Gasteiger partial charge in [-0.1, -0.05) is 55.5 Å². The van der Waals surface area contributed by atoms with E-state index in [2.05, 4.69) is 36.5 Å². The van der Waals surface area contributed by atoms with E-state index in [0.29, 0.717) is 11.3 Å². The van der Waals surface area contributed by atoms with Crippen molar-refractivity contribution in [3.05, 3.63) is 77.4 Å². The third kappa shape index (κ3) is 3.66. The monoisotopic (exact) mass is 333 g/mol. The third-order valence-corrected chi connectivity index (χ3v) is 4.55. The lowest BCUT2D eigenvalue weighted by molar-refractivity contribution is 0.0937. The summed E-state index contributed by atoms with van der Waals surface area (Å²) in [5.41, 5.74) is 2.93. The molecule has 0 saturated heterocycles. The van der Waals surface area contributed by atoms with Gasteiger partial charge in [-0.3, -0.25) is 4.79 Å². The summed E-state index contributed by atoms with van der Waals surface area (Å²) in [7, 11) is 1.59. The second-order valence-corrected chi connectivity index (χ2v) is 6.19. The van der Waals surface area contributed by atoms with Crippen molar-refractivity contribution in [3.63, 3.8) is 0 Å². The molecular weight excluding hydrogens is 310 g/mol. The van der Waals surface area contributed by atoms with E-state index in [9.17, 15) is 4.79 Å². The van der Waals surface area contributed by atoms with Crippen molar-refractivity contribution in [2.45, 2.75) is 26.3 Å². The first kappa shape index (κ1) is 17.0. The molecule has 0 fully saturated rings. The molecule has 0 unspecified atom stereocenters. The molecule has 0 radical (unpaired) electrons. The Morgan fingerprint density at radius 2 is 1.68 bits per heavy atom. The Labute approximate surface area is 148 Å². The molecule has 3 rings (SSSR count). The predicted molar refractivity (Wildman–Crippen MR) is 102 cm³/mol. The van der Waals surface area contributed by atoms with E-state index in [1.165, 1.54) is 5.56 Å². The van der Waals surface area contributed by atoms with Crippen LogP contribution in [0.4, 0.5) is 0 Å². The number of hydrogen-bond acceptors (Lipinski definition) is 2. The standard InChI is InChI=1S/C22H23NO2/c1-4-16-9-11-17(12-10-16)15(2)23-22(24)20-13-18-7-5-6-8-19(18)14-21(20)25-3/h5-15H,4H2,1-3H3,(H,23,24)/t15-/m1/s1. The van der Waals surface area contributed by atoms with Crippen molar-refractivity contribution in [1.82, 2.24) is 5.32 Å². The van der Waals surface area contributed by atoms with Crippen molar-refractivity contribution in [2.75, 3.05) is 7.11 Å². The molecule has 1 N–H and O–H groups in total. The third-order valence-electron chi connectivity index (χ3n) is 4.55. The molecule has 3 aromatic carbocycles. The Kier molecular flexibility index (Phi) is 5.03. The maximum absolute atomic E-state index is 12.8. The van der Waals surface area contributed by atoms with Gasteiger partial charge < -0.3 is 10.1 Å². The van der Waals surface area contributed by atoms with Crippen molar-refractivity contribution in [3.8, 4) is 5.75 Å². The minimum Gasteiger partial charge on any atom is -0.496 e. The number of methoxy groups -OCH3 is 1. The Hall–Kier alpha value is -2.81. The molecule has 0 spiro atoms. The number of rotatable bonds is 5. The topological polar surface area (TPSA) is 38.3 Å². The number of benzene rings is 3. The minimum atomic E-state index is -0.130. The Balaban J connectivity index is 1.85. The molecule has 1 atom stereocenters. The van der Waals surface area contributed by atoms with Crippen LogP contribution in [0.2, 0.25) is 0 Å². The van der Waals surface area contributed by atoms with E-state index < -0.39 is 0 Å². The van der Waals surface area contributed by atoms with Crippen LogP contribution in [0.3, 0.4) is 0 Å². The zero-order valence-corrected chi connectivity index (χ0v) is 14.9. The summed E-state index contributed by atoms with van der Waals surface area (Å²) in [6.45, 7) is 4.12. The van der Waals surface area contributed by atoms with Gasteiger partial charge in [-0.05, 0) is 47.4 Å². The van der Waals surface area contributed by atoms with Gasteiger partial charge in [-0.2, -0.15) is 0 Å². The van der Waals surface area contributed by atoms with Gasteiger partial charge in [-0.25, -0.2) is 0 Å². The highest BCUT2D eigenvalue weighted by Crippen LogP contribution is 2.26. The van der Waals surface area contributed by atoms with E-state index in [0.717, 1.165) is 22.8 Å². The quantitative estimate of drug-likeness (QED) is 0.721. The van der Waals surface area contributed by atoms with Crippen LogP contribution in [0.15, 0.2) is 60.7 Å². The van der Waals surface area contributed by atoms with E-state index in [-0.39, 0.29) is 11.9 Å². The first-order chi connectivity index (χ1) is 12.1. The van der Waals surface area contributed by atoms with Gasteiger partial charge >= 0.3 is 0 Å². The van der Waals surface area contributed by atoms with Gasteiger partial charge in [0.15, 0.2) is 0 Å². The van der Waals surface area contributed by atoms with Gasteiger partial charge in [0.05, 0.1) is 18.7 Å². The van der Waals surface area contributed by atoms with Crippen molar-refractivity contribution in [2.24, 2.45) is 0 Å². The Morgan fingerprint density at radius 1 is 1.04 bits per heavy atom. The summed E-state index contributed by atoms with van der Waals surface area (Å²) in [5.74, 6) is 0.458. The lowest BCUT2D eigenvalue weighted by atomic mass is 10.0. The summed E-state index contributed by atoms with van der Waals surface area (Å²) >= 11 is 0. The first-order valence-corrected chi connectivity index (χ1v) is 8.59. The molecule has 128 valence electrons. The highest BCUT2D eigenvalue weighted by atomic mass is 16.5. The van der Waals surface area contributed by atoms with Crippen molar-refractivity contribution in [1.29, 1.82) is 0 Å². The lowest BCUT2D eigenvalue weighted by Gasteiger charge is -2.16. The Bertz CT molecular complexity index is 884. The SMILES string of the molecule is CCc1ccc([C@@H](C)NC(=O)c2cc3ccccc3cc2OC)cc1. The van der Waals surface area contributed by atoms with Gasteiger partial charge in [0, 0.05) is 0 Å². The van der Waals surface area contributed by atoms with Crippen LogP contribution in [0.25, 0.3) is 10.8 Å². The fourth-order valence-electron chi connectivity index (χ4n) is 2.97. The summed E-state index contributed by atoms with van der Waals surface area (Å²) in [6, 6.07) is 20.0. The number of fused-ring (bicyclic) bond motifs is 1. The molecule has 0 heterocycles. The van der Waals surface area contributed by atoms with Crippen LogP contribution in [0.5, 0.6) is 5.75 Å². The molecule has 1 amide bonds. The number of carbonyl (C=O) groups is 1. The van der Waals surface area contributed by atoms with Gasteiger partial charge in [0.1, 0.15) is 5.75 Å². The van der Waals surface area contributed by atoms with Gasteiger partial charge in [0.25, 0.3) is 5.91 Å². The Morgan fingerprint density at radius 3 is 2.28 bits per heavy atom. The number of nitrogens with one attached hydrogen (secondary N) is 1. The average molecular weight is 333 g/mol. The predicted octanol–water partition coefficient (Wildman–Crippen LogP) is 4.90. The fraction of sp³-hybridized carbons (Fsp3) is 0.227. The smallest absolute Gasteiger partial charge is 0.255 e. The number of carbonyl (C=O) groups excluding carboxylic acids is 1. The van der Waals surface area contributed by atoms with Crippen LogP contribution >= 0.6 is 0 Å². The van der Waals surface area contributed by atoms with Crippen molar-refractivity contribution < 1.29 is 9.53 Å². The van der Waals surface area contributed by atoms with Gasteiger partial charge in [-0.15, -0.1) is 0 Å². The average Bonchev–Trinajstić information content (AvgIpc) is 2.66. The van der Waals surface area contributed by atoms with Crippen LogP contribution in [0.1, 0.15) is 41.4 Å². The van der Waals surface area contributed by atoms with E-state index >= 15 is 0 Å². The second-order valence-electron chi connectivity index (χ2n) is 6.19. The van der Waals surface area contributed by atoms with E-state index in [4.69, 9.17) is 4.74 Å². The first-order valence-electron chi connectivity index (χ1n) is 8.59. The van der Waals surface area contributed by atoms with Crippen LogP contribution < -0.4 is 10.1 Å². The lowest BCUT2D eigenvalue weighted by Crippen LogP contribution is -2.27. The minimum absolute atomic E-state index is 0.0745. The summed E-state index contributed by atoms with van der Waals surface area (Å²) < 4.78 is 5.43. The molecule has 0 aliphatic heterocycles. The molecule has 3 nitrogen and oxygen atoms in total. The number of hydrogen-bond donors (Lipinski definition) is 1. The number of ether oxygens (including phenoxy) is 1. The fourth-order valence-corrected chi connectivity index (χ4v) is 2.97. The molecule has 0 bridgehead atoms. The molecule has 0 saturated carbocycles. The molecule has 3 heteroatoms. The van der Waals surface area contributed by atoms with Gasteiger partial charge in [0.2, 0.25) is 0 Å². The highest BCUT2D eigenvalue weighted by Gasteiger charge is 2.16. The largest absolute Gasteiger partial charge is 0.496 e.